The number of hydrogen-bond donors (Lipinski definition) is 2. The van der Waals surface area contributed by atoms with Gasteiger partial charge >= 0.3 is 0 Å². The van der Waals surface area contributed by atoms with E-state index in [4.69, 9.17) is 23.2 Å². The van der Waals surface area contributed by atoms with Gasteiger partial charge in [-0.1, -0.05) is 41.9 Å². The van der Waals surface area contributed by atoms with Crippen molar-refractivity contribution in [3.05, 3.63) is 52.0 Å². The molecule has 0 radical (unpaired) electrons. The maximum absolute atomic E-state index is 10.5. The largest absolute Gasteiger partial charge is 0.374 e. The summed E-state index contributed by atoms with van der Waals surface area (Å²) in [5, 5.41) is 20.8. The van der Waals surface area contributed by atoms with Gasteiger partial charge in [0.1, 0.15) is 12.0 Å². The first-order chi connectivity index (χ1) is 12.7. The number of hydrogen-bond acceptors (Lipinski definition) is 7. The van der Waals surface area contributed by atoms with Crippen LogP contribution in [0.15, 0.2) is 30.3 Å². The van der Waals surface area contributed by atoms with Gasteiger partial charge in [0.2, 0.25) is 5.28 Å². The lowest BCUT2D eigenvalue weighted by Gasteiger charge is -2.37. The van der Waals surface area contributed by atoms with Crippen molar-refractivity contribution in [2.45, 2.75) is 39.1 Å². The molecule has 2 heterocycles. The predicted molar refractivity (Wildman–Crippen MR) is 105 cm³/mol. The molecular weight excluding hydrogens is 389 g/mol. The molecule has 0 aliphatic heterocycles. The molecule has 1 atom stereocenters. The second kappa shape index (κ2) is 7.52. The molecule has 0 bridgehead atoms. The fourth-order valence-corrected chi connectivity index (χ4v) is 3.23. The van der Waals surface area contributed by atoms with Gasteiger partial charge in [-0.3, -0.25) is 0 Å². The van der Waals surface area contributed by atoms with Gasteiger partial charge in [0.25, 0.3) is 0 Å². The van der Waals surface area contributed by atoms with Crippen LogP contribution in [0.2, 0.25) is 10.4 Å². The Morgan fingerprint density at radius 1 is 1.07 bits per heavy atom. The van der Waals surface area contributed by atoms with Gasteiger partial charge < -0.3 is 15.1 Å². The molecule has 3 aromatic rings. The summed E-state index contributed by atoms with van der Waals surface area (Å²) in [4.78, 5) is 18.4. The summed E-state index contributed by atoms with van der Waals surface area (Å²) >= 11 is 12.3. The fourth-order valence-electron chi connectivity index (χ4n) is 2.89. The zero-order chi connectivity index (χ0) is 19.8. The van der Waals surface area contributed by atoms with Gasteiger partial charge in [-0.15, -0.1) is 0 Å². The van der Waals surface area contributed by atoms with Crippen LogP contribution in [0.25, 0.3) is 11.2 Å². The van der Waals surface area contributed by atoms with E-state index in [2.05, 4.69) is 19.9 Å². The fraction of sp³-hybridized carbons (Fsp3) is 0.333. The maximum Gasteiger partial charge on any atom is 0.226 e. The summed E-state index contributed by atoms with van der Waals surface area (Å²) in [5.74, 6) is 0.172. The Bertz CT molecular complexity index is 961. The SMILES string of the molecule is CC(O)N(c1nc(Cl)nc2nc(Cl)c(Cc3ccccc3)nc12)C(C)(C)O. The minimum Gasteiger partial charge on any atom is -0.374 e. The van der Waals surface area contributed by atoms with Crippen LogP contribution in [-0.2, 0) is 6.42 Å². The Morgan fingerprint density at radius 3 is 2.33 bits per heavy atom. The van der Waals surface area contributed by atoms with Crippen LogP contribution in [0.3, 0.4) is 0 Å². The van der Waals surface area contributed by atoms with Crippen molar-refractivity contribution in [1.29, 1.82) is 0 Å². The van der Waals surface area contributed by atoms with Gasteiger partial charge in [0, 0.05) is 6.42 Å². The van der Waals surface area contributed by atoms with Crippen molar-refractivity contribution in [1.82, 2.24) is 19.9 Å². The van der Waals surface area contributed by atoms with E-state index in [9.17, 15) is 10.2 Å². The van der Waals surface area contributed by atoms with Crippen molar-refractivity contribution >= 4 is 40.2 Å². The van der Waals surface area contributed by atoms with E-state index in [1.54, 1.807) is 0 Å². The Labute approximate surface area is 166 Å². The van der Waals surface area contributed by atoms with Gasteiger partial charge in [0.15, 0.2) is 22.1 Å². The first-order valence-corrected chi connectivity index (χ1v) is 9.06. The van der Waals surface area contributed by atoms with Crippen LogP contribution in [0.4, 0.5) is 5.82 Å². The Kier molecular flexibility index (Phi) is 5.48. The second-order valence-electron chi connectivity index (χ2n) is 6.61. The molecule has 3 rings (SSSR count). The lowest BCUT2D eigenvalue weighted by Crippen LogP contribution is -2.50. The van der Waals surface area contributed by atoms with E-state index in [0.717, 1.165) is 5.56 Å². The number of benzene rings is 1. The molecule has 9 heteroatoms. The van der Waals surface area contributed by atoms with Crippen LogP contribution in [0.1, 0.15) is 32.0 Å². The van der Waals surface area contributed by atoms with Gasteiger partial charge in [0.05, 0.1) is 5.69 Å². The number of rotatable bonds is 5. The Hall–Kier alpha value is -2.06. The summed E-state index contributed by atoms with van der Waals surface area (Å²) in [6.45, 7) is 4.56. The van der Waals surface area contributed by atoms with Crippen molar-refractivity contribution < 1.29 is 10.2 Å². The van der Waals surface area contributed by atoms with Crippen LogP contribution in [0, 0.1) is 0 Å². The number of anilines is 1. The average molecular weight is 408 g/mol. The van der Waals surface area contributed by atoms with E-state index >= 15 is 0 Å². The van der Waals surface area contributed by atoms with Crippen LogP contribution >= 0.6 is 23.2 Å². The van der Waals surface area contributed by atoms with E-state index in [1.807, 2.05) is 30.3 Å². The number of fused-ring (bicyclic) bond motifs is 1. The molecule has 1 unspecified atom stereocenters. The highest BCUT2D eigenvalue weighted by molar-refractivity contribution is 6.30. The van der Waals surface area contributed by atoms with Crippen molar-refractivity contribution in [2.75, 3.05) is 4.90 Å². The topological polar surface area (TPSA) is 95.3 Å². The standard InChI is InChI=1S/C18H19Cl2N5O2/c1-10(26)25(18(2,3)27)16-13-15(23-17(20)24-16)22-14(19)12(21-13)9-11-7-5-4-6-8-11/h4-8,10,26-27H,9H2,1-3H3. The molecule has 0 saturated heterocycles. The molecule has 0 aliphatic carbocycles. The summed E-state index contributed by atoms with van der Waals surface area (Å²) in [5.41, 5.74) is 0.585. The second-order valence-corrected chi connectivity index (χ2v) is 7.30. The molecule has 2 aromatic heterocycles. The number of nitrogens with zero attached hydrogens (tertiary/aromatic N) is 5. The molecule has 0 amide bonds. The zero-order valence-corrected chi connectivity index (χ0v) is 16.6. The smallest absolute Gasteiger partial charge is 0.226 e. The third-order valence-corrected chi connectivity index (χ3v) is 4.39. The molecule has 0 aliphatic rings. The monoisotopic (exact) mass is 407 g/mol. The van der Waals surface area contributed by atoms with E-state index in [-0.39, 0.29) is 27.4 Å². The molecule has 2 N–H and O–H groups in total. The minimum absolute atomic E-state index is 0.0893. The number of aromatic nitrogens is 4. The van der Waals surface area contributed by atoms with E-state index in [1.165, 1.54) is 25.7 Å². The molecule has 0 spiro atoms. The highest BCUT2D eigenvalue weighted by Gasteiger charge is 2.31. The molecule has 142 valence electrons. The number of aliphatic hydroxyl groups excluding tert-OH is 1. The quantitative estimate of drug-likeness (QED) is 0.495. The van der Waals surface area contributed by atoms with Crippen molar-refractivity contribution in [2.24, 2.45) is 0 Å². The Balaban J connectivity index is 2.20. The first kappa shape index (κ1) is 19.7. The third-order valence-electron chi connectivity index (χ3n) is 3.91. The predicted octanol–water partition coefficient (Wildman–Crippen LogP) is 3.19. The van der Waals surface area contributed by atoms with Gasteiger partial charge in [-0.25, -0.2) is 9.97 Å². The molecular formula is C18H19Cl2N5O2. The number of halogens is 2. The number of aliphatic hydroxyl groups is 2. The molecule has 27 heavy (non-hydrogen) atoms. The summed E-state index contributed by atoms with van der Waals surface area (Å²) in [6, 6.07) is 9.70. The normalized spacial score (nSPS) is 13.0. The Morgan fingerprint density at radius 2 is 1.74 bits per heavy atom. The van der Waals surface area contributed by atoms with E-state index < -0.39 is 12.0 Å². The van der Waals surface area contributed by atoms with Crippen LogP contribution in [0.5, 0.6) is 0 Å². The van der Waals surface area contributed by atoms with Crippen molar-refractivity contribution in [3.8, 4) is 0 Å². The molecule has 0 fully saturated rings. The highest BCUT2D eigenvalue weighted by Crippen LogP contribution is 2.30. The van der Waals surface area contributed by atoms with Crippen LogP contribution in [-0.4, -0.2) is 42.1 Å². The minimum atomic E-state index is -1.43. The van der Waals surface area contributed by atoms with Crippen LogP contribution < -0.4 is 4.90 Å². The van der Waals surface area contributed by atoms with Crippen molar-refractivity contribution in [3.63, 3.8) is 0 Å². The summed E-state index contributed by atoms with van der Waals surface area (Å²) in [6.07, 6.45) is -0.601. The lowest BCUT2D eigenvalue weighted by atomic mass is 10.1. The zero-order valence-electron chi connectivity index (χ0n) is 15.1. The maximum atomic E-state index is 10.5. The highest BCUT2D eigenvalue weighted by atomic mass is 35.5. The summed E-state index contributed by atoms with van der Waals surface area (Å²) in [7, 11) is 0. The molecule has 7 nitrogen and oxygen atoms in total. The molecule has 1 aromatic carbocycles. The van der Waals surface area contributed by atoms with Gasteiger partial charge in [-0.05, 0) is 37.9 Å². The van der Waals surface area contributed by atoms with Gasteiger partial charge in [-0.2, -0.15) is 9.97 Å². The summed E-state index contributed by atoms with van der Waals surface area (Å²) < 4.78 is 0. The first-order valence-electron chi connectivity index (χ1n) is 8.30. The molecule has 0 saturated carbocycles. The van der Waals surface area contributed by atoms with E-state index in [0.29, 0.717) is 12.1 Å². The third kappa shape index (κ3) is 4.27. The average Bonchev–Trinajstić information content (AvgIpc) is 2.55. The lowest BCUT2D eigenvalue weighted by molar-refractivity contribution is 0.0279.